The number of carbonyl (C=O) groups excluding carboxylic acids is 2. The second-order valence-corrected chi connectivity index (χ2v) is 5.56. The zero-order chi connectivity index (χ0) is 19.1. The van der Waals surface area contributed by atoms with E-state index in [-0.39, 0.29) is 0 Å². The van der Waals surface area contributed by atoms with Crippen molar-refractivity contribution in [2.45, 2.75) is 0 Å². The van der Waals surface area contributed by atoms with Gasteiger partial charge in [0, 0.05) is 17.0 Å². The van der Waals surface area contributed by atoms with Gasteiger partial charge in [0.15, 0.2) is 0 Å². The Morgan fingerprint density at radius 1 is 1.04 bits per heavy atom. The van der Waals surface area contributed by atoms with Crippen LogP contribution >= 0.6 is 0 Å². The van der Waals surface area contributed by atoms with E-state index in [0.717, 1.165) is 17.0 Å². The molecule has 3 N–H and O–H groups in total. The van der Waals surface area contributed by atoms with Crippen LogP contribution in [-0.4, -0.2) is 28.2 Å². The molecule has 0 aliphatic rings. The number of amides is 2. The molecule has 2 aromatic carbocycles. The number of nitrogens with one attached hydrogen (secondary N) is 2. The van der Waals surface area contributed by atoms with Crippen molar-refractivity contribution in [2.75, 3.05) is 0 Å². The predicted octanol–water partition coefficient (Wildman–Crippen LogP) is 2.52. The Labute approximate surface area is 155 Å². The quantitative estimate of drug-likeness (QED) is 0.281. The lowest BCUT2D eigenvalue weighted by atomic mass is 10.1. The minimum Gasteiger partial charge on any atom is -0.288 e. The zero-order valence-corrected chi connectivity index (χ0v) is 14.2. The number of benzene rings is 2. The molecule has 2 amide bonds. The highest BCUT2D eigenvalue weighted by atomic mass is 16.5. The summed E-state index contributed by atoms with van der Waals surface area (Å²) >= 11 is 0. The van der Waals surface area contributed by atoms with Crippen molar-refractivity contribution >= 4 is 35.0 Å². The summed E-state index contributed by atoms with van der Waals surface area (Å²) in [7, 11) is 0. The highest BCUT2D eigenvalue weighted by Crippen LogP contribution is 2.11. The Hall–Kier alpha value is -3.84. The number of nitrogens with zero attached hydrogens (tertiary/aromatic N) is 2. The molecular weight excluding hydrogens is 344 g/mol. The molecule has 0 aliphatic carbocycles. The first-order valence-corrected chi connectivity index (χ1v) is 8.07. The highest BCUT2D eigenvalue weighted by molar-refractivity contribution is 5.96. The lowest BCUT2D eigenvalue weighted by Crippen LogP contribution is -2.17. The van der Waals surface area contributed by atoms with Gasteiger partial charge in [0.05, 0.1) is 17.4 Å². The van der Waals surface area contributed by atoms with Gasteiger partial charge in [0.1, 0.15) is 0 Å². The Balaban J connectivity index is 1.67. The molecule has 7 nitrogen and oxygen atoms in total. The van der Waals surface area contributed by atoms with Crippen molar-refractivity contribution in [2.24, 2.45) is 5.10 Å². The first kappa shape index (κ1) is 18.0. The van der Waals surface area contributed by atoms with Gasteiger partial charge in [-0.1, -0.05) is 36.4 Å². The number of carbonyl (C=O) groups is 2. The van der Waals surface area contributed by atoms with Crippen LogP contribution in [0, 0.1) is 0 Å². The Bertz CT molecular complexity index is 1040. The zero-order valence-electron chi connectivity index (χ0n) is 14.2. The van der Waals surface area contributed by atoms with Gasteiger partial charge in [-0.15, -0.1) is 0 Å². The summed E-state index contributed by atoms with van der Waals surface area (Å²) in [5.74, 6) is -1.05. The molecule has 3 aromatic rings. The van der Waals surface area contributed by atoms with Crippen LogP contribution in [0.3, 0.4) is 0 Å². The summed E-state index contributed by atoms with van der Waals surface area (Å²) < 4.78 is 0. The summed E-state index contributed by atoms with van der Waals surface area (Å²) in [6.07, 6.45) is 4.10. The molecule has 7 heteroatoms. The van der Waals surface area contributed by atoms with Crippen LogP contribution in [0.25, 0.3) is 17.0 Å². The third-order valence-corrected chi connectivity index (χ3v) is 3.67. The SMILES string of the molecule is O=C(C=Cc1cccc(C(=O)NN=Cc2ccc3ccccc3n2)c1)NO. The van der Waals surface area contributed by atoms with Gasteiger partial charge in [-0.2, -0.15) is 5.10 Å². The lowest BCUT2D eigenvalue weighted by Gasteiger charge is -2.02. The summed E-state index contributed by atoms with van der Waals surface area (Å²) in [4.78, 5) is 27.7. The van der Waals surface area contributed by atoms with Gasteiger partial charge in [-0.3, -0.25) is 14.8 Å². The van der Waals surface area contributed by atoms with Gasteiger partial charge >= 0.3 is 0 Å². The third-order valence-electron chi connectivity index (χ3n) is 3.67. The molecule has 134 valence electrons. The van der Waals surface area contributed by atoms with Crippen LogP contribution in [0.5, 0.6) is 0 Å². The number of fused-ring (bicyclic) bond motifs is 1. The molecule has 0 radical (unpaired) electrons. The van der Waals surface area contributed by atoms with E-state index >= 15 is 0 Å². The van der Waals surface area contributed by atoms with Crippen LogP contribution < -0.4 is 10.9 Å². The molecule has 0 spiro atoms. The molecular formula is C20H16N4O3. The van der Waals surface area contributed by atoms with E-state index in [9.17, 15) is 9.59 Å². The lowest BCUT2D eigenvalue weighted by molar-refractivity contribution is -0.124. The van der Waals surface area contributed by atoms with Gasteiger partial charge in [0.2, 0.25) is 0 Å². The molecule has 1 aromatic heterocycles. The largest absolute Gasteiger partial charge is 0.288 e. The van der Waals surface area contributed by atoms with E-state index < -0.39 is 11.8 Å². The number of hydrazone groups is 1. The van der Waals surface area contributed by atoms with Crippen molar-refractivity contribution in [1.29, 1.82) is 0 Å². The van der Waals surface area contributed by atoms with Crippen molar-refractivity contribution in [3.8, 4) is 0 Å². The Kier molecular flexibility index (Phi) is 5.66. The first-order valence-electron chi connectivity index (χ1n) is 8.07. The molecule has 0 bridgehead atoms. The maximum absolute atomic E-state index is 12.2. The number of rotatable bonds is 5. The van der Waals surface area contributed by atoms with E-state index in [0.29, 0.717) is 16.8 Å². The first-order chi connectivity index (χ1) is 13.2. The third kappa shape index (κ3) is 4.83. The predicted molar refractivity (Wildman–Crippen MR) is 102 cm³/mol. The number of pyridine rings is 1. The molecule has 3 rings (SSSR count). The van der Waals surface area contributed by atoms with Gasteiger partial charge < -0.3 is 0 Å². The van der Waals surface area contributed by atoms with Crippen molar-refractivity contribution in [3.05, 3.63) is 83.6 Å². The number of hydrogen-bond acceptors (Lipinski definition) is 5. The highest BCUT2D eigenvalue weighted by Gasteiger charge is 2.04. The number of para-hydroxylation sites is 1. The molecule has 0 atom stereocenters. The monoisotopic (exact) mass is 360 g/mol. The topological polar surface area (TPSA) is 104 Å². The summed E-state index contributed by atoms with van der Waals surface area (Å²) in [5, 5.41) is 13.4. The number of hydroxylamine groups is 1. The fourth-order valence-electron chi connectivity index (χ4n) is 2.37. The molecule has 0 unspecified atom stereocenters. The van der Waals surface area contributed by atoms with E-state index in [1.54, 1.807) is 24.3 Å². The van der Waals surface area contributed by atoms with Crippen LogP contribution in [0.1, 0.15) is 21.6 Å². The van der Waals surface area contributed by atoms with E-state index in [2.05, 4.69) is 15.5 Å². The average Bonchev–Trinajstić information content (AvgIpc) is 2.72. The average molecular weight is 360 g/mol. The van der Waals surface area contributed by atoms with Crippen LogP contribution in [0.2, 0.25) is 0 Å². The number of aromatic nitrogens is 1. The standard InChI is InChI=1S/C20H16N4O3/c25-19(24-27)11-8-14-4-3-6-16(12-14)20(26)23-21-13-17-10-9-15-5-1-2-7-18(15)22-17/h1-13,27H,(H,23,26)(H,24,25). The maximum atomic E-state index is 12.2. The minimum atomic E-state index is -0.655. The van der Waals surface area contributed by atoms with Gasteiger partial charge in [-0.05, 0) is 35.9 Å². The van der Waals surface area contributed by atoms with Crippen LogP contribution in [0.15, 0.2) is 71.8 Å². The fraction of sp³-hybridized carbons (Fsp3) is 0. The molecule has 0 fully saturated rings. The van der Waals surface area contributed by atoms with E-state index in [4.69, 9.17) is 5.21 Å². The second-order valence-electron chi connectivity index (χ2n) is 5.56. The van der Waals surface area contributed by atoms with Crippen molar-refractivity contribution in [3.63, 3.8) is 0 Å². The molecule has 0 aliphatic heterocycles. The van der Waals surface area contributed by atoms with Crippen LogP contribution in [0.4, 0.5) is 0 Å². The Morgan fingerprint density at radius 2 is 1.89 bits per heavy atom. The van der Waals surface area contributed by atoms with E-state index in [1.807, 2.05) is 36.4 Å². The van der Waals surface area contributed by atoms with E-state index in [1.165, 1.54) is 17.8 Å². The van der Waals surface area contributed by atoms with Crippen molar-refractivity contribution < 1.29 is 14.8 Å². The Morgan fingerprint density at radius 3 is 2.74 bits per heavy atom. The summed E-state index contributed by atoms with van der Waals surface area (Å²) in [6.45, 7) is 0. The smallest absolute Gasteiger partial charge is 0.271 e. The van der Waals surface area contributed by atoms with Crippen molar-refractivity contribution in [1.82, 2.24) is 15.9 Å². The summed E-state index contributed by atoms with van der Waals surface area (Å²) in [6, 6.07) is 18.1. The number of hydrogen-bond donors (Lipinski definition) is 3. The normalized spacial score (nSPS) is 11.1. The molecule has 1 heterocycles. The summed E-state index contributed by atoms with van der Waals surface area (Å²) in [5.41, 5.74) is 6.43. The minimum absolute atomic E-state index is 0.380. The molecule has 0 saturated carbocycles. The van der Waals surface area contributed by atoms with Crippen LogP contribution in [-0.2, 0) is 4.79 Å². The van der Waals surface area contributed by atoms with Gasteiger partial charge in [0.25, 0.3) is 11.8 Å². The molecule has 0 saturated heterocycles. The van der Waals surface area contributed by atoms with Gasteiger partial charge in [-0.25, -0.2) is 15.9 Å². The molecule has 27 heavy (non-hydrogen) atoms. The maximum Gasteiger partial charge on any atom is 0.271 e. The second kappa shape index (κ2) is 8.50. The fourth-order valence-corrected chi connectivity index (χ4v) is 2.37.